The summed E-state index contributed by atoms with van der Waals surface area (Å²) in [6.07, 6.45) is 0. The fraction of sp³-hybridized carbons (Fsp3) is 0.0741. The topological polar surface area (TPSA) is 87.7 Å². The lowest BCUT2D eigenvalue weighted by Gasteiger charge is -2.24. The molecule has 0 heterocycles. The van der Waals surface area contributed by atoms with Crippen molar-refractivity contribution < 1.29 is 17.9 Å². The Morgan fingerprint density at radius 2 is 1.43 bits per heavy atom. The summed E-state index contributed by atoms with van der Waals surface area (Å²) >= 11 is 12.0. The average Bonchev–Trinajstić information content (AvgIpc) is 2.90. The molecule has 190 valence electrons. The number of hydrogen-bond acceptors (Lipinski definition) is 4. The summed E-state index contributed by atoms with van der Waals surface area (Å²) in [5.41, 5.74) is 1.15. The van der Waals surface area contributed by atoms with Crippen molar-refractivity contribution in [1.29, 1.82) is 0 Å². The third kappa shape index (κ3) is 7.24. The molecule has 0 fully saturated rings. The van der Waals surface area contributed by atoms with Crippen molar-refractivity contribution in [1.82, 2.24) is 4.72 Å². The summed E-state index contributed by atoms with van der Waals surface area (Å²) in [5, 5.41) is 3.12. The number of urea groups is 1. The number of para-hydroxylation sites is 2. The van der Waals surface area contributed by atoms with E-state index in [4.69, 9.17) is 27.9 Å². The number of sulfonamides is 1. The quantitative estimate of drug-likeness (QED) is 0.237. The molecule has 0 aliphatic heterocycles. The van der Waals surface area contributed by atoms with Gasteiger partial charge in [-0.1, -0.05) is 59.6 Å². The molecule has 0 unspecified atom stereocenters. The molecule has 0 atom stereocenters. The lowest BCUT2D eigenvalue weighted by molar-refractivity contribution is 0.257. The van der Waals surface area contributed by atoms with E-state index in [9.17, 15) is 13.2 Å². The molecule has 4 aromatic carbocycles. The van der Waals surface area contributed by atoms with E-state index < -0.39 is 16.1 Å². The van der Waals surface area contributed by atoms with Gasteiger partial charge in [0, 0.05) is 29.5 Å². The highest BCUT2D eigenvalue weighted by Crippen LogP contribution is 2.26. The van der Waals surface area contributed by atoms with Gasteiger partial charge in [-0.15, -0.1) is 0 Å². The van der Waals surface area contributed by atoms with Crippen LogP contribution in [0.15, 0.2) is 108 Å². The Bertz CT molecular complexity index is 1450. The molecule has 0 aromatic heterocycles. The van der Waals surface area contributed by atoms with Gasteiger partial charge < -0.3 is 10.1 Å². The van der Waals surface area contributed by atoms with E-state index in [1.54, 1.807) is 48.5 Å². The van der Waals surface area contributed by atoms with Gasteiger partial charge in [0.25, 0.3) is 0 Å². The highest BCUT2D eigenvalue weighted by Gasteiger charge is 2.21. The van der Waals surface area contributed by atoms with Crippen molar-refractivity contribution in [2.75, 3.05) is 23.3 Å². The Morgan fingerprint density at radius 3 is 2.11 bits per heavy atom. The van der Waals surface area contributed by atoms with Gasteiger partial charge in [0.15, 0.2) is 0 Å². The molecule has 0 radical (unpaired) electrons. The molecule has 0 saturated carbocycles. The van der Waals surface area contributed by atoms with Crippen LogP contribution in [0.25, 0.3) is 0 Å². The molecule has 4 aromatic rings. The Hall–Kier alpha value is -3.56. The normalized spacial score (nSPS) is 11.1. The molecule has 2 N–H and O–H groups in total. The van der Waals surface area contributed by atoms with Gasteiger partial charge in [-0.3, -0.25) is 4.90 Å². The van der Waals surface area contributed by atoms with E-state index in [0.29, 0.717) is 22.9 Å². The maximum absolute atomic E-state index is 13.2. The molecule has 0 saturated heterocycles. The summed E-state index contributed by atoms with van der Waals surface area (Å²) in [7, 11) is -3.96. The summed E-state index contributed by atoms with van der Waals surface area (Å²) in [6.45, 7) is -0.0371. The lowest BCUT2D eigenvalue weighted by Crippen LogP contribution is -2.41. The first-order valence-corrected chi connectivity index (χ1v) is 13.5. The number of ether oxygens (including phenoxy) is 1. The second kappa shape index (κ2) is 12.1. The van der Waals surface area contributed by atoms with Crippen LogP contribution in [-0.2, 0) is 10.0 Å². The number of carbonyl (C=O) groups is 1. The van der Waals surface area contributed by atoms with Crippen molar-refractivity contribution in [3.63, 3.8) is 0 Å². The van der Waals surface area contributed by atoms with Gasteiger partial charge in [0.2, 0.25) is 10.0 Å². The number of rotatable bonds is 9. The summed E-state index contributed by atoms with van der Waals surface area (Å²) in [6, 6.07) is 29.0. The van der Waals surface area contributed by atoms with Crippen molar-refractivity contribution in [3.8, 4) is 11.5 Å². The van der Waals surface area contributed by atoms with Crippen LogP contribution >= 0.6 is 23.2 Å². The molecule has 0 spiro atoms. The molecular weight excluding hydrogens is 533 g/mol. The number of hydrogen-bond donors (Lipinski definition) is 2. The van der Waals surface area contributed by atoms with Gasteiger partial charge in [0.1, 0.15) is 16.4 Å². The van der Waals surface area contributed by atoms with Crippen molar-refractivity contribution in [3.05, 3.63) is 113 Å². The predicted octanol–water partition coefficient (Wildman–Crippen LogP) is 6.80. The van der Waals surface area contributed by atoms with Crippen LogP contribution in [0.3, 0.4) is 0 Å². The standard InChI is InChI=1S/C27H23Cl2N3O4S/c28-20-11-16-25(29)26(19-20)37(34,35)30-17-18-32(27(33)31-21-7-3-1-4-8-21)22-12-14-24(15-13-22)36-23-9-5-2-6-10-23/h1-16,19,30H,17-18H2,(H,31,33). The predicted molar refractivity (Wildman–Crippen MR) is 147 cm³/mol. The van der Waals surface area contributed by atoms with E-state index >= 15 is 0 Å². The minimum atomic E-state index is -3.96. The van der Waals surface area contributed by atoms with Crippen LogP contribution in [0.4, 0.5) is 16.2 Å². The highest BCUT2D eigenvalue weighted by atomic mass is 35.5. The number of benzene rings is 4. The number of carbonyl (C=O) groups excluding carboxylic acids is 1. The smallest absolute Gasteiger partial charge is 0.326 e. The zero-order valence-electron chi connectivity index (χ0n) is 19.5. The van der Waals surface area contributed by atoms with Crippen LogP contribution in [0.1, 0.15) is 0 Å². The number of anilines is 2. The summed E-state index contributed by atoms with van der Waals surface area (Å²) in [5.74, 6) is 1.28. The van der Waals surface area contributed by atoms with E-state index in [0.717, 1.165) is 0 Å². The number of halogens is 2. The Balaban J connectivity index is 1.51. The van der Waals surface area contributed by atoms with E-state index in [2.05, 4.69) is 10.0 Å². The number of nitrogens with zero attached hydrogens (tertiary/aromatic N) is 1. The molecule has 0 aliphatic rings. The number of nitrogens with one attached hydrogen (secondary N) is 2. The fourth-order valence-corrected chi connectivity index (χ4v) is 5.21. The maximum atomic E-state index is 13.2. The molecule has 37 heavy (non-hydrogen) atoms. The molecule has 4 rings (SSSR count). The van der Waals surface area contributed by atoms with Crippen LogP contribution in [0, 0.1) is 0 Å². The Kier molecular flexibility index (Phi) is 8.68. The molecule has 7 nitrogen and oxygen atoms in total. The molecule has 0 aliphatic carbocycles. The fourth-order valence-electron chi connectivity index (χ4n) is 3.43. The zero-order valence-corrected chi connectivity index (χ0v) is 21.8. The van der Waals surface area contributed by atoms with Gasteiger partial charge >= 0.3 is 6.03 Å². The first-order chi connectivity index (χ1) is 17.8. The SMILES string of the molecule is O=C(Nc1ccccc1)N(CCNS(=O)(=O)c1cc(Cl)ccc1Cl)c1ccc(Oc2ccccc2)cc1. The molecular formula is C27H23Cl2N3O4S. The third-order valence-corrected chi connectivity index (χ3v) is 7.39. The second-order valence-corrected chi connectivity index (χ2v) is 10.4. The van der Waals surface area contributed by atoms with Crippen molar-refractivity contribution in [2.24, 2.45) is 0 Å². The van der Waals surface area contributed by atoms with Crippen molar-refractivity contribution in [2.45, 2.75) is 4.90 Å². The minimum Gasteiger partial charge on any atom is -0.457 e. The van der Waals surface area contributed by atoms with Gasteiger partial charge in [0.05, 0.1) is 5.02 Å². The van der Waals surface area contributed by atoms with E-state index in [-0.39, 0.29) is 28.0 Å². The molecule has 2 amide bonds. The van der Waals surface area contributed by atoms with E-state index in [1.165, 1.54) is 23.1 Å². The number of amides is 2. The van der Waals surface area contributed by atoms with Crippen LogP contribution in [0.5, 0.6) is 11.5 Å². The zero-order chi connectivity index (χ0) is 26.3. The maximum Gasteiger partial charge on any atom is 0.326 e. The third-order valence-electron chi connectivity index (χ3n) is 5.21. The Labute approximate surface area is 225 Å². The van der Waals surface area contributed by atoms with Gasteiger partial charge in [-0.25, -0.2) is 17.9 Å². The van der Waals surface area contributed by atoms with Crippen LogP contribution < -0.4 is 19.7 Å². The summed E-state index contributed by atoms with van der Waals surface area (Å²) in [4.78, 5) is 14.5. The first kappa shape index (κ1) is 26.5. The molecule has 0 bridgehead atoms. The second-order valence-electron chi connectivity index (χ2n) is 7.83. The van der Waals surface area contributed by atoms with Crippen LogP contribution in [-0.4, -0.2) is 27.5 Å². The van der Waals surface area contributed by atoms with Crippen molar-refractivity contribution >= 4 is 50.6 Å². The monoisotopic (exact) mass is 555 g/mol. The van der Waals surface area contributed by atoms with Gasteiger partial charge in [-0.05, 0) is 66.7 Å². The average molecular weight is 556 g/mol. The lowest BCUT2D eigenvalue weighted by atomic mass is 10.2. The van der Waals surface area contributed by atoms with Crippen LogP contribution in [0.2, 0.25) is 10.0 Å². The minimum absolute atomic E-state index is 0.0367. The first-order valence-electron chi connectivity index (χ1n) is 11.2. The molecule has 10 heteroatoms. The highest BCUT2D eigenvalue weighted by molar-refractivity contribution is 7.89. The largest absolute Gasteiger partial charge is 0.457 e. The van der Waals surface area contributed by atoms with Gasteiger partial charge in [-0.2, -0.15) is 0 Å². The summed E-state index contributed by atoms with van der Waals surface area (Å²) < 4.78 is 33.9. The Morgan fingerprint density at radius 1 is 0.811 bits per heavy atom. The van der Waals surface area contributed by atoms with E-state index in [1.807, 2.05) is 36.4 Å².